The van der Waals surface area contributed by atoms with Crippen LogP contribution in [0.15, 0.2) is 11.4 Å². The van der Waals surface area contributed by atoms with Gasteiger partial charge in [-0.05, 0) is 55.2 Å². The predicted molar refractivity (Wildman–Crippen MR) is 100 cm³/mol. The van der Waals surface area contributed by atoms with Crippen molar-refractivity contribution >= 4 is 17.2 Å². The number of nitrogens with one attached hydrogen (secondary N) is 1. The molecule has 3 rings (SSSR count). The van der Waals surface area contributed by atoms with Gasteiger partial charge in [0.05, 0.1) is 0 Å². The van der Waals surface area contributed by atoms with Crippen LogP contribution in [0.1, 0.15) is 55.9 Å². The molecule has 1 aliphatic heterocycles. The number of hydrogen-bond acceptors (Lipinski definition) is 4. The van der Waals surface area contributed by atoms with Crippen LogP contribution in [0.2, 0.25) is 0 Å². The van der Waals surface area contributed by atoms with Crippen molar-refractivity contribution in [2.24, 2.45) is 11.1 Å². The van der Waals surface area contributed by atoms with Crippen LogP contribution in [0.5, 0.6) is 0 Å². The lowest BCUT2D eigenvalue weighted by molar-refractivity contribution is -0.124. The summed E-state index contributed by atoms with van der Waals surface area (Å²) in [6.07, 6.45) is 7.70. The fourth-order valence-corrected chi connectivity index (χ4v) is 5.08. The number of hydrogen-bond donors (Lipinski definition) is 2. The van der Waals surface area contributed by atoms with E-state index in [1.807, 2.05) is 11.3 Å². The van der Waals surface area contributed by atoms with E-state index in [1.54, 1.807) is 0 Å². The lowest BCUT2D eigenvalue weighted by atomic mass is 9.71. The Kier molecular flexibility index (Phi) is 5.95. The Balaban J connectivity index is 1.46. The van der Waals surface area contributed by atoms with Crippen molar-refractivity contribution in [1.29, 1.82) is 0 Å². The van der Waals surface area contributed by atoms with E-state index in [0.29, 0.717) is 19.0 Å². The molecule has 1 fully saturated rings. The Labute approximate surface area is 149 Å². The van der Waals surface area contributed by atoms with Crippen molar-refractivity contribution in [2.75, 3.05) is 19.6 Å². The van der Waals surface area contributed by atoms with Gasteiger partial charge >= 0.3 is 0 Å². The molecule has 1 aliphatic carbocycles. The fraction of sp³-hybridized carbons (Fsp3) is 0.737. The van der Waals surface area contributed by atoms with Crippen LogP contribution in [0.3, 0.4) is 0 Å². The topological polar surface area (TPSA) is 58.4 Å². The average molecular weight is 350 g/mol. The van der Waals surface area contributed by atoms with Gasteiger partial charge in [0.1, 0.15) is 0 Å². The average Bonchev–Trinajstić information content (AvgIpc) is 3.08. The Morgan fingerprint density at radius 2 is 2.21 bits per heavy atom. The van der Waals surface area contributed by atoms with Crippen molar-refractivity contribution in [3.63, 3.8) is 0 Å². The molecule has 5 heteroatoms. The summed E-state index contributed by atoms with van der Waals surface area (Å²) in [6.45, 7) is 5.71. The minimum Gasteiger partial charge on any atom is -0.355 e. The third-order valence-electron chi connectivity index (χ3n) is 5.94. The van der Waals surface area contributed by atoms with Gasteiger partial charge in [-0.1, -0.05) is 19.3 Å². The van der Waals surface area contributed by atoms with E-state index in [-0.39, 0.29) is 11.3 Å². The van der Waals surface area contributed by atoms with Gasteiger partial charge in [-0.15, -0.1) is 11.3 Å². The predicted octanol–water partition coefficient (Wildman–Crippen LogP) is 2.91. The first kappa shape index (κ1) is 17.9. The van der Waals surface area contributed by atoms with Crippen LogP contribution in [0, 0.1) is 5.41 Å². The maximum atomic E-state index is 12.4. The van der Waals surface area contributed by atoms with Crippen LogP contribution in [0.4, 0.5) is 0 Å². The van der Waals surface area contributed by atoms with Gasteiger partial charge in [-0.25, -0.2) is 0 Å². The molecule has 0 bridgehead atoms. The molecule has 3 N–H and O–H groups in total. The second-order valence-corrected chi connectivity index (χ2v) is 8.68. The molecule has 0 spiro atoms. The third kappa shape index (κ3) is 4.19. The van der Waals surface area contributed by atoms with Gasteiger partial charge in [0.2, 0.25) is 5.91 Å². The summed E-state index contributed by atoms with van der Waals surface area (Å²) in [5.74, 6) is 0.183. The van der Waals surface area contributed by atoms with E-state index in [4.69, 9.17) is 5.73 Å². The number of nitrogens with two attached hydrogens (primary N) is 1. The number of carbonyl (C=O) groups is 1. The molecule has 2 heterocycles. The molecule has 2 aliphatic rings. The standard InChI is InChI=1S/C19H31N3OS/c1-15(22-9-5-17-16(13-22)6-10-24-17)12-21-18(23)11-19(14-20)7-3-2-4-8-19/h6,10,15H,2-5,7-9,11-14,20H2,1H3,(H,21,23). The van der Waals surface area contributed by atoms with Gasteiger partial charge in [0.25, 0.3) is 0 Å². The molecule has 134 valence electrons. The Morgan fingerprint density at radius 3 is 2.96 bits per heavy atom. The highest BCUT2D eigenvalue weighted by molar-refractivity contribution is 7.10. The lowest BCUT2D eigenvalue weighted by Crippen LogP contribution is -2.45. The number of amides is 1. The molecule has 24 heavy (non-hydrogen) atoms. The summed E-state index contributed by atoms with van der Waals surface area (Å²) in [6, 6.07) is 2.62. The monoisotopic (exact) mass is 349 g/mol. The normalized spacial score (nSPS) is 21.9. The Bertz CT molecular complexity index is 551. The maximum Gasteiger partial charge on any atom is 0.220 e. The summed E-state index contributed by atoms with van der Waals surface area (Å²) in [4.78, 5) is 16.4. The van der Waals surface area contributed by atoms with Gasteiger partial charge in [0.15, 0.2) is 0 Å². The zero-order valence-electron chi connectivity index (χ0n) is 14.9. The molecule has 1 amide bonds. The summed E-state index contributed by atoms with van der Waals surface area (Å²) >= 11 is 1.87. The van der Waals surface area contributed by atoms with Crippen LogP contribution in [0.25, 0.3) is 0 Å². The maximum absolute atomic E-state index is 12.4. The van der Waals surface area contributed by atoms with E-state index in [1.165, 1.54) is 29.7 Å². The molecule has 1 saturated carbocycles. The number of thiophene rings is 1. The molecule has 1 unspecified atom stereocenters. The second kappa shape index (κ2) is 7.98. The van der Waals surface area contributed by atoms with E-state index in [2.05, 4.69) is 28.6 Å². The van der Waals surface area contributed by atoms with Crippen molar-refractivity contribution in [3.8, 4) is 0 Å². The summed E-state index contributed by atoms with van der Waals surface area (Å²) < 4.78 is 0. The van der Waals surface area contributed by atoms with Crippen LogP contribution in [-0.2, 0) is 17.8 Å². The highest BCUT2D eigenvalue weighted by Crippen LogP contribution is 2.38. The SMILES string of the molecule is CC(CNC(=O)CC1(CN)CCCCC1)N1CCc2sccc2C1. The first-order chi connectivity index (χ1) is 11.6. The fourth-order valence-electron chi connectivity index (χ4n) is 4.20. The molecule has 0 aromatic carbocycles. The zero-order valence-corrected chi connectivity index (χ0v) is 15.7. The third-order valence-corrected chi connectivity index (χ3v) is 6.96. The summed E-state index contributed by atoms with van der Waals surface area (Å²) in [5, 5.41) is 5.36. The first-order valence-electron chi connectivity index (χ1n) is 9.38. The second-order valence-electron chi connectivity index (χ2n) is 7.68. The van der Waals surface area contributed by atoms with Crippen LogP contribution >= 0.6 is 11.3 Å². The van der Waals surface area contributed by atoms with Gasteiger partial charge < -0.3 is 11.1 Å². The van der Waals surface area contributed by atoms with Crippen molar-refractivity contribution in [1.82, 2.24) is 10.2 Å². The zero-order chi connectivity index (χ0) is 17.0. The minimum absolute atomic E-state index is 0.0578. The Morgan fingerprint density at radius 1 is 1.42 bits per heavy atom. The van der Waals surface area contributed by atoms with Crippen LogP contribution < -0.4 is 11.1 Å². The Hall–Kier alpha value is -0.910. The van der Waals surface area contributed by atoms with Gasteiger partial charge in [-0.2, -0.15) is 0 Å². The van der Waals surface area contributed by atoms with Crippen molar-refractivity contribution in [2.45, 2.75) is 64.5 Å². The summed E-state index contributed by atoms with van der Waals surface area (Å²) in [7, 11) is 0. The lowest BCUT2D eigenvalue weighted by Gasteiger charge is -2.36. The van der Waals surface area contributed by atoms with E-state index >= 15 is 0 Å². The summed E-state index contributed by atoms with van der Waals surface area (Å²) in [5.41, 5.74) is 7.53. The molecule has 1 aromatic rings. The largest absolute Gasteiger partial charge is 0.355 e. The van der Waals surface area contributed by atoms with E-state index in [9.17, 15) is 4.79 Å². The van der Waals surface area contributed by atoms with Gasteiger partial charge in [-0.3, -0.25) is 9.69 Å². The minimum atomic E-state index is 0.0578. The molecule has 1 atom stereocenters. The first-order valence-corrected chi connectivity index (χ1v) is 10.3. The highest BCUT2D eigenvalue weighted by Gasteiger charge is 2.33. The molecule has 0 saturated heterocycles. The van der Waals surface area contributed by atoms with E-state index < -0.39 is 0 Å². The van der Waals surface area contributed by atoms with Crippen LogP contribution in [-0.4, -0.2) is 36.5 Å². The quantitative estimate of drug-likeness (QED) is 0.830. The number of fused-ring (bicyclic) bond motifs is 1. The van der Waals surface area contributed by atoms with Crippen molar-refractivity contribution in [3.05, 3.63) is 21.9 Å². The van der Waals surface area contributed by atoms with E-state index in [0.717, 1.165) is 38.9 Å². The number of nitrogens with zero attached hydrogens (tertiary/aromatic N) is 1. The highest BCUT2D eigenvalue weighted by atomic mass is 32.1. The molecule has 1 aromatic heterocycles. The van der Waals surface area contributed by atoms with Crippen molar-refractivity contribution < 1.29 is 4.79 Å². The molecular weight excluding hydrogens is 318 g/mol. The number of rotatable bonds is 6. The van der Waals surface area contributed by atoms with Gasteiger partial charge in [0, 0.05) is 37.0 Å². The number of carbonyl (C=O) groups excluding carboxylic acids is 1. The smallest absolute Gasteiger partial charge is 0.220 e. The molecule has 4 nitrogen and oxygen atoms in total. The molecular formula is C19H31N3OS. The molecule has 0 radical (unpaired) electrons.